The van der Waals surface area contributed by atoms with Crippen molar-refractivity contribution in [1.82, 2.24) is 5.32 Å². The Hall–Kier alpha value is -1.62. The molecule has 5 heteroatoms. The van der Waals surface area contributed by atoms with Crippen molar-refractivity contribution in [3.8, 4) is 5.75 Å². The summed E-state index contributed by atoms with van der Waals surface area (Å²) < 4.78 is 18.8. The number of nitrogens with one attached hydrogen (secondary N) is 1. The average molecular weight is 295 g/mol. The van der Waals surface area contributed by atoms with E-state index in [0.717, 1.165) is 25.7 Å². The molecule has 21 heavy (non-hydrogen) atoms. The standard InChI is InChI=1S/C16H22FNO3/c1-21-13-7-6-12(15(17)8-13)10-18-9-11-4-2-3-5-14(11)16(19)20/h6-8,11,14,18H,2-5,9-10H2,1H3,(H,19,20). The zero-order chi connectivity index (χ0) is 15.2. The summed E-state index contributed by atoms with van der Waals surface area (Å²) in [4.78, 5) is 11.2. The van der Waals surface area contributed by atoms with Gasteiger partial charge in [-0.05, 0) is 31.4 Å². The largest absolute Gasteiger partial charge is 0.497 e. The maximum atomic E-state index is 13.8. The second-order valence-electron chi connectivity index (χ2n) is 5.58. The number of carbonyl (C=O) groups is 1. The molecule has 1 aliphatic rings. The molecule has 2 N–H and O–H groups in total. The molecule has 2 unspecified atom stereocenters. The fraction of sp³-hybridized carbons (Fsp3) is 0.562. The van der Waals surface area contributed by atoms with Crippen LogP contribution < -0.4 is 10.1 Å². The summed E-state index contributed by atoms with van der Waals surface area (Å²) in [7, 11) is 1.50. The molecule has 0 saturated heterocycles. The third-order valence-corrected chi connectivity index (χ3v) is 4.21. The highest BCUT2D eigenvalue weighted by Gasteiger charge is 2.30. The van der Waals surface area contributed by atoms with Gasteiger partial charge in [-0.2, -0.15) is 0 Å². The van der Waals surface area contributed by atoms with Crippen molar-refractivity contribution in [3.63, 3.8) is 0 Å². The SMILES string of the molecule is COc1ccc(CNCC2CCCCC2C(=O)O)c(F)c1. The molecular formula is C16H22FNO3. The molecule has 1 aliphatic carbocycles. The first kappa shape index (κ1) is 15.8. The summed E-state index contributed by atoms with van der Waals surface area (Å²) in [5.74, 6) is -0.656. The smallest absolute Gasteiger partial charge is 0.306 e. The van der Waals surface area contributed by atoms with Crippen LogP contribution in [0.2, 0.25) is 0 Å². The summed E-state index contributed by atoms with van der Waals surface area (Å²) in [6.07, 6.45) is 3.74. The number of rotatable bonds is 6. The predicted octanol–water partition coefficient (Wildman–Crippen LogP) is 2.81. The number of aliphatic carboxylic acids is 1. The van der Waals surface area contributed by atoms with Gasteiger partial charge in [0.1, 0.15) is 11.6 Å². The molecule has 1 saturated carbocycles. The van der Waals surface area contributed by atoms with Crippen LogP contribution in [0.5, 0.6) is 5.75 Å². The van der Waals surface area contributed by atoms with E-state index in [-0.39, 0.29) is 17.7 Å². The van der Waals surface area contributed by atoms with Crippen LogP contribution in [0.3, 0.4) is 0 Å². The normalized spacial score (nSPS) is 22.0. The van der Waals surface area contributed by atoms with Gasteiger partial charge < -0.3 is 15.2 Å². The number of benzene rings is 1. The lowest BCUT2D eigenvalue weighted by molar-refractivity contribution is -0.144. The molecule has 1 aromatic rings. The van der Waals surface area contributed by atoms with E-state index in [9.17, 15) is 14.3 Å². The van der Waals surface area contributed by atoms with E-state index < -0.39 is 5.97 Å². The van der Waals surface area contributed by atoms with Crippen LogP contribution in [0.4, 0.5) is 4.39 Å². The fourth-order valence-electron chi connectivity index (χ4n) is 2.97. The third-order valence-electron chi connectivity index (χ3n) is 4.21. The summed E-state index contributed by atoms with van der Waals surface area (Å²) in [5.41, 5.74) is 0.568. The number of hydrogen-bond donors (Lipinski definition) is 2. The van der Waals surface area contributed by atoms with Crippen molar-refractivity contribution >= 4 is 5.97 Å². The van der Waals surface area contributed by atoms with E-state index in [1.807, 2.05) is 0 Å². The molecule has 0 amide bonds. The Bertz CT molecular complexity index is 492. The van der Waals surface area contributed by atoms with Crippen LogP contribution in [0, 0.1) is 17.7 Å². The number of methoxy groups -OCH3 is 1. The predicted molar refractivity (Wildman–Crippen MR) is 77.7 cm³/mol. The van der Waals surface area contributed by atoms with Crippen LogP contribution in [-0.4, -0.2) is 24.7 Å². The van der Waals surface area contributed by atoms with E-state index in [0.29, 0.717) is 24.4 Å². The van der Waals surface area contributed by atoms with Crippen LogP contribution in [0.1, 0.15) is 31.2 Å². The third kappa shape index (κ3) is 4.17. The first-order valence-electron chi connectivity index (χ1n) is 7.37. The number of hydrogen-bond acceptors (Lipinski definition) is 3. The Morgan fingerprint density at radius 3 is 2.86 bits per heavy atom. The fourth-order valence-corrected chi connectivity index (χ4v) is 2.97. The highest BCUT2D eigenvalue weighted by atomic mass is 19.1. The summed E-state index contributed by atoms with van der Waals surface area (Å²) in [5, 5.41) is 12.4. The Morgan fingerprint density at radius 2 is 2.19 bits per heavy atom. The van der Waals surface area contributed by atoms with Crippen molar-refractivity contribution in [3.05, 3.63) is 29.6 Å². The quantitative estimate of drug-likeness (QED) is 0.847. The topological polar surface area (TPSA) is 58.6 Å². The zero-order valence-corrected chi connectivity index (χ0v) is 12.3. The van der Waals surface area contributed by atoms with Gasteiger partial charge >= 0.3 is 5.97 Å². The number of ether oxygens (including phenoxy) is 1. The molecule has 2 rings (SSSR count). The summed E-state index contributed by atoms with van der Waals surface area (Å²) in [6, 6.07) is 4.77. The minimum Gasteiger partial charge on any atom is -0.497 e. The molecule has 0 aromatic heterocycles. The van der Waals surface area contributed by atoms with Crippen molar-refractivity contribution in [2.75, 3.05) is 13.7 Å². The highest BCUT2D eigenvalue weighted by molar-refractivity contribution is 5.70. The summed E-state index contributed by atoms with van der Waals surface area (Å²) in [6.45, 7) is 1.01. The van der Waals surface area contributed by atoms with Gasteiger partial charge in [-0.3, -0.25) is 4.79 Å². The molecular weight excluding hydrogens is 273 g/mol. The van der Waals surface area contributed by atoms with Crippen LogP contribution in [0.25, 0.3) is 0 Å². The molecule has 0 heterocycles. The number of carboxylic acid groups (broad SMARTS) is 1. The number of carboxylic acids is 1. The molecule has 0 radical (unpaired) electrons. The monoisotopic (exact) mass is 295 g/mol. The van der Waals surface area contributed by atoms with Crippen molar-refractivity contribution in [2.24, 2.45) is 11.8 Å². The van der Waals surface area contributed by atoms with Crippen molar-refractivity contribution in [1.29, 1.82) is 0 Å². The zero-order valence-electron chi connectivity index (χ0n) is 12.3. The van der Waals surface area contributed by atoms with Crippen molar-refractivity contribution in [2.45, 2.75) is 32.2 Å². The van der Waals surface area contributed by atoms with Gasteiger partial charge in [0.25, 0.3) is 0 Å². The van der Waals surface area contributed by atoms with E-state index in [1.54, 1.807) is 12.1 Å². The molecule has 116 valence electrons. The van der Waals surface area contributed by atoms with Crippen LogP contribution >= 0.6 is 0 Å². The molecule has 0 aliphatic heterocycles. The first-order chi connectivity index (χ1) is 10.1. The van der Waals surface area contributed by atoms with Crippen LogP contribution in [-0.2, 0) is 11.3 Å². The Kier molecular flexibility index (Phi) is 5.56. The molecule has 2 atom stereocenters. The molecule has 0 spiro atoms. The minimum absolute atomic E-state index is 0.137. The summed E-state index contributed by atoms with van der Waals surface area (Å²) >= 11 is 0. The lowest BCUT2D eigenvalue weighted by atomic mass is 9.79. The maximum Gasteiger partial charge on any atom is 0.306 e. The maximum absolute atomic E-state index is 13.8. The van der Waals surface area contributed by atoms with E-state index >= 15 is 0 Å². The molecule has 0 bridgehead atoms. The van der Waals surface area contributed by atoms with Gasteiger partial charge in [0.2, 0.25) is 0 Å². The average Bonchev–Trinajstić information content (AvgIpc) is 2.49. The van der Waals surface area contributed by atoms with Crippen molar-refractivity contribution < 1.29 is 19.0 Å². The van der Waals surface area contributed by atoms with E-state index in [4.69, 9.17) is 4.74 Å². The first-order valence-corrected chi connectivity index (χ1v) is 7.37. The van der Waals surface area contributed by atoms with Gasteiger partial charge in [-0.1, -0.05) is 18.9 Å². The Balaban J connectivity index is 1.87. The van der Waals surface area contributed by atoms with Gasteiger partial charge in [0.05, 0.1) is 13.0 Å². The lowest BCUT2D eigenvalue weighted by Crippen LogP contribution is -2.34. The minimum atomic E-state index is -0.711. The van der Waals surface area contributed by atoms with Gasteiger partial charge in [0, 0.05) is 18.2 Å². The van der Waals surface area contributed by atoms with Gasteiger partial charge in [-0.15, -0.1) is 0 Å². The van der Waals surface area contributed by atoms with E-state index in [2.05, 4.69) is 5.32 Å². The second-order valence-corrected chi connectivity index (χ2v) is 5.58. The molecule has 1 aromatic carbocycles. The highest BCUT2D eigenvalue weighted by Crippen LogP contribution is 2.29. The molecule has 4 nitrogen and oxygen atoms in total. The lowest BCUT2D eigenvalue weighted by Gasteiger charge is -2.28. The Labute approximate surface area is 124 Å². The second kappa shape index (κ2) is 7.41. The van der Waals surface area contributed by atoms with Gasteiger partial charge in [0.15, 0.2) is 0 Å². The molecule has 1 fully saturated rings. The van der Waals surface area contributed by atoms with Crippen LogP contribution in [0.15, 0.2) is 18.2 Å². The van der Waals surface area contributed by atoms with Gasteiger partial charge in [-0.25, -0.2) is 4.39 Å². The number of halogens is 1. The Morgan fingerprint density at radius 1 is 1.43 bits per heavy atom. The van der Waals surface area contributed by atoms with E-state index in [1.165, 1.54) is 13.2 Å².